The van der Waals surface area contributed by atoms with Crippen molar-refractivity contribution < 1.29 is 23.9 Å². The van der Waals surface area contributed by atoms with Crippen LogP contribution >= 0.6 is 0 Å². The maximum atomic E-state index is 12.7. The molecule has 42 heavy (non-hydrogen) atoms. The van der Waals surface area contributed by atoms with Crippen molar-refractivity contribution in [1.29, 1.82) is 0 Å². The molecule has 0 fully saturated rings. The summed E-state index contributed by atoms with van der Waals surface area (Å²) in [5.74, 6) is -2.61. The van der Waals surface area contributed by atoms with E-state index in [0.717, 1.165) is 10.8 Å². The Hall–Kier alpha value is -6.09. The van der Waals surface area contributed by atoms with Crippen LogP contribution in [0.15, 0.2) is 126 Å². The molecular weight excluding hydrogens is 532 g/mol. The molecule has 0 atom stereocenters. The molecule has 0 radical (unpaired) electrons. The van der Waals surface area contributed by atoms with Crippen molar-refractivity contribution in [2.45, 2.75) is 0 Å². The van der Waals surface area contributed by atoms with E-state index >= 15 is 0 Å². The van der Waals surface area contributed by atoms with E-state index in [1.807, 2.05) is 36.4 Å². The third-order valence-electron chi connectivity index (χ3n) is 6.14. The zero-order valence-corrected chi connectivity index (χ0v) is 22.1. The van der Waals surface area contributed by atoms with Crippen LogP contribution in [0.1, 0.15) is 26.3 Å². The highest BCUT2D eigenvalue weighted by Gasteiger charge is 2.18. The number of para-hydroxylation sites is 2. The van der Waals surface area contributed by atoms with Gasteiger partial charge >= 0.3 is 17.8 Å². The minimum Gasteiger partial charge on any atom is -0.423 e. The lowest BCUT2D eigenvalue weighted by Crippen LogP contribution is -2.33. The molecule has 0 aromatic heterocycles. The van der Waals surface area contributed by atoms with Crippen molar-refractivity contribution in [2.24, 2.45) is 5.10 Å². The van der Waals surface area contributed by atoms with E-state index in [4.69, 9.17) is 4.74 Å². The lowest BCUT2D eigenvalue weighted by molar-refractivity contribution is -0.136. The maximum absolute atomic E-state index is 12.7. The molecule has 5 rings (SSSR count). The second-order valence-corrected chi connectivity index (χ2v) is 9.00. The van der Waals surface area contributed by atoms with Crippen LogP contribution in [0.5, 0.6) is 5.75 Å². The molecule has 0 heterocycles. The summed E-state index contributed by atoms with van der Waals surface area (Å²) in [6.07, 6.45) is 1.34. The summed E-state index contributed by atoms with van der Waals surface area (Å²) in [4.78, 5) is 50.2. The Labute approximate surface area is 240 Å². The number of amides is 3. The fourth-order valence-electron chi connectivity index (χ4n) is 4.09. The summed E-state index contributed by atoms with van der Waals surface area (Å²) in [5.41, 5.74) is 4.15. The molecule has 0 saturated heterocycles. The number of hydrazone groups is 1. The number of anilines is 2. The number of rotatable bonds is 7. The van der Waals surface area contributed by atoms with Crippen LogP contribution in [-0.4, -0.2) is 29.9 Å². The van der Waals surface area contributed by atoms with Gasteiger partial charge in [-0.15, -0.1) is 0 Å². The first kappa shape index (κ1) is 27.5. The molecule has 206 valence electrons. The van der Waals surface area contributed by atoms with E-state index in [9.17, 15) is 19.2 Å². The molecular formula is C33H24N4O5. The maximum Gasteiger partial charge on any atom is 0.344 e. The molecule has 0 aliphatic heterocycles. The molecule has 3 amide bonds. The zero-order chi connectivity index (χ0) is 29.3. The van der Waals surface area contributed by atoms with Gasteiger partial charge in [-0.25, -0.2) is 10.2 Å². The van der Waals surface area contributed by atoms with Gasteiger partial charge in [-0.3, -0.25) is 14.4 Å². The Morgan fingerprint density at radius 2 is 1.29 bits per heavy atom. The summed E-state index contributed by atoms with van der Waals surface area (Å²) < 4.78 is 5.52. The Morgan fingerprint density at radius 3 is 2.10 bits per heavy atom. The van der Waals surface area contributed by atoms with Gasteiger partial charge in [-0.2, -0.15) is 5.10 Å². The summed E-state index contributed by atoms with van der Waals surface area (Å²) in [6, 6.07) is 34.6. The Balaban J connectivity index is 1.15. The van der Waals surface area contributed by atoms with E-state index in [0.29, 0.717) is 22.6 Å². The van der Waals surface area contributed by atoms with Crippen LogP contribution in [0.25, 0.3) is 10.8 Å². The van der Waals surface area contributed by atoms with Gasteiger partial charge in [-0.1, -0.05) is 66.7 Å². The highest BCUT2D eigenvalue weighted by atomic mass is 16.5. The fraction of sp³-hybridized carbons (Fsp3) is 0. The average molecular weight is 557 g/mol. The number of esters is 1. The topological polar surface area (TPSA) is 126 Å². The smallest absolute Gasteiger partial charge is 0.344 e. The van der Waals surface area contributed by atoms with E-state index in [-0.39, 0.29) is 11.3 Å². The number of carbonyl (C=O) groups excluding carboxylic acids is 4. The van der Waals surface area contributed by atoms with Crippen LogP contribution < -0.4 is 20.8 Å². The Kier molecular flexibility index (Phi) is 8.40. The molecule has 3 N–H and O–H groups in total. The Bertz CT molecular complexity index is 1800. The molecule has 9 nitrogen and oxygen atoms in total. The van der Waals surface area contributed by atoms with Crippen molar-refractivity contribution in [3.05, 3.63) is 138 Å². The van der Waals surface area contributed by atoms with Gasteiger partial charge in [0.05, 0.1) is 23.0 Å². The van der Waals surface area contributed by atoms with E-state index in [1.165, 1.54) is 18.3 Å². The summed E-state index contributed by atoms with van der Waals surface area (Å²) >= 11 is 0. The summed E-state index contributed by atoms with van der Waals surface area (Å²) in [6.45, 7) is 0. The molecule has 0 bridgehead atoms. The number of fused-ring (bicyclic) bond motifs is 1. The van der Waals surface area contributed by atoms with Crippen molar-refractivity contribution in [3.63, 3.8) is 0 Å². The molecule has 9 heteroatoms. The van der Waals surface area contributed by atoms with Gasteiger partial charge in [0.1, 0.15) is 5.75 Å². The SMILES string of the molecule is O=C(N/N=C\c1ccc(OC(=O)c2cccc3ccccc23)cc1)C(=O)Nc1ccccc1C(=O)Nc1ccccc1. The summed E-state index contributed by atoms with van der Waals surface area (Å²) in [5, 5.41) is 10.7. The first-order chi connectivity index (χ1) is 20.5. The number of hydrogen-bond acceptors (Lipinski definition) is 6. The minimum absolute atomic E-state index is 0.170. The molecule has 0 unspecified atom stereocenters. The van der Waals surface area contributed by atoms with E-state index in [2.05, 4.69) is 21.2 Å². The normalized spacial score (nSPS) is 10.7. The number of ether oxygens (including phenoxy) is 1. The van der Waals surface area contributed by atoms with Crippen molar-refractivity contribution >= 4 is 52.1 Å². The largest absolute Gasteiger partial charge is 0.423 e. The first-order valence-corrected chi connectivity index (χ1v) is 12.9. The lowest BCUT2D eigenvalue weighted by Gasteiger charge is -2.11. The molecule has 0 spiro atoms. The van der Waals surface area contributed by atoms with Gasteiger partial charge in [-0.05, 0) is 70.9 Å². The van der Waals surface area contributed by atoms with Gasteiger partial charge in [0, 0.05) is 5.69 Å². The molecule has 0 saturated carbocycles. The fourth-order valence-corrected chi connectivity index (χ4v) is 4.09. The van der Waals surface area contributed by atoms with E-state index < -0.39 is 23.7 Å². The number of nitrogens with one attached hydrogen (secondary N) is 3. The predicted molar refractivity (Wildman–Crippen MR) is 161 cm³/mol. The third-order valence-corrected chi connectivity index (χ3v) is 6.14. The van der Waals surface area contributed by atoms with Gasteiger partial charge < -0.3 is 15.4 Å². The van der Waals surface area contributed by atoms with Crippen molar-refractivity contribution in [3.8, 4) is 5.75 Å². The highest BCUT2D eigenvalue weighted by molar-refractivity contribution is 6.40. The number of hydrogen-bond donors (Lipinski definition) is 3. The second kappa shape index (κ2) is 12.8. The molecule has 0 aliphatic carbocycles. The number of benzene rings is 5. The summed E-state index contributed by atoms with van der Waals surface area (Å²) in [7, 11) is 0. The van der Waals surface area contributed by atoms with Crippen LogP contribution in [0.2, 0.25) is 0 Å². The molecule has 0 aliphatic rings. The number of nitrogens with zero attached hydrogens (tertiary/aromatic N) is 1. The van der Waals surface area contributed by atoms with Crippen molar-refractivity contribution in [1.82, 2.24) is 5.43 Å². The van der Waals surface area contributed by atoms with Crippen LogP contribution in [0.4, 0.5) is 11.4 Å². The van der Waals surface area contributed by atoms with Crippen molar-refractivity contribution in [2.75, 3.05) is 10.6 Å². The third kappa shape index (κ3) is 6.72. The first-order valence-electron chi connectivity index (χ1n) is 12.9. The quantitative estimate of drug-likeness (QED) is 0.0814. The highest BCUT2D eigenvalue weighted by Crippen LogP contribution is 2.21. The van der Waals surface area contributed by atoms with Gasteiger partial charge in [0.25, 0.3) is 5.91 Å². The van der Waals surface area contributed by atoms with E-state index in [1.54, 1.807) is 72.8 Å². The van der Waals surface area contributed by atoms with Gasteiger partial charge in [0.2, 0.25) is 0 Å². The van der Waals surface area contributed by atoms with Crippen LogP contribution in [-0.2, 0) is 9.59 Å². The number of carbonyl (C=O) groups is 4. The monoisotopic (exact) mass is 556 g/mol. The zero-order valence-electron chi connectivity index (χ0n) is 22.1. The molecule has 5 aromatic rings. The minimum atomic E-state index is -1.02. The average Bonchev–Trinajstić information content (AvgIpc) is 3.02. The Morgan fingerprint density at radius 1 is 0.619 bits per heavy atom. The van der Waals surface area contributed by atoms with Crippen LogP contribution in [0, 0.1) is 0 Å². The van der Waals surface area contributed by atoms with Crippen LogP contribution in [0.3, 0.4) is 0 Å². The van der Waals surface area contributed by atoms with Gasteiger partial charge in [0.15, 0.2) is 0 Å². The lowest BCUT2D eigenvalue weighted by atomic mass is 10.0. The standard InChI is InChI=1S/C33H24N4O5/c38-30(35-24-11-2-1-3-12-24)28-14-6-7-16-29(28)36-31(39)32(40)37-34-21-22-17-19-25(20-18-22)42-33(41)27-15-8-10-23-9-4-5-13-26(23)27/h1-21H,(H,35,38)(H,36,39)(H,37,40)/b34-21-. The second-order valence-electron chi connectivity index (χ2n) is 9.00. The predicted octanol–water partition coefficient (Wildman–Crippen LogP) is 5.40. The molecule has 5 aromatic carbocycles.